The standard InChI is InChI=1S/C27H37FN6O2S/c1-3-4-12-29-27-30-18-22-23(19-34(26(22)31-27)21-8-6-5-7-9-21)20-10-11-25(24(28)17-20)37(35,36)33-15-13-32(2)14-16-33/h10-11,17-19,21H,3-9,12-16H2,1-2H3,(H,29,30,31). The van der Waals surface area contributed by atoms with Gasteiger partial charge < -0.3 is 14.8 Å². The number of piperazine rings is 1. The first-order chi connectivity index (χ1) is 17.9. The molecule has 0 spiro atoms. The summed E-state index contributed by atoms with van der Waals surface area (Å²) in [6.45, 7) is 4.95. The SMILES string of the molecule is CCCCNc1ncc2c(-c3ccc(S(=O)(=O)N4CCN(C)CC4)c(F)c3)cn(C3CCCCC3)c2n1. The molecule has 2 fully saturated rings. The number of likely N-dealkylation sites (N-methyl/N-ethyl adjacent to an activating group) is 1. The third kappa shape index (κ3) is 5.37. The van der Waals surface area contributed by atoms with E-state index in [1.807, 2.05) is 7.05 Å². The topological polar surface area (TPSA) is 83.4 Å². The minimum Gasteiger partial charge on any atom is -0.354 e. The van der Waals surface area contributed by atoms with Crippen LogP contribution in [0.1, 0.15) is 57.9 Å². The van der Waals surface area contributed by atoms with Crippen LogP contribution < -0.4 is 5.32 Å². The highest BCUT2D eigenvalue weighted by Crippen LogP contribution is 2.37. The van der Waals surface area contributed by atoms with Crippen molar-refractivity contribution in [3.63, 3.8) is 0 Å². The molecule has 1 saturated carbocycles. The highest BCUT2D eigenvalue weighted by molar-refractivity contribution is 7.89. The molecule has 0 unspecified atom stereocenters. The van der Waals surface area contributed by atoms with E-state index in [0.717, 1.165) is 48.8 Å². The lowest BCUT2D eigenvalue weighted by molar-refractivity contribution is 0.222. The van der Waals surface area contributed by atoms with Crippen LogP contribution in [0.2, 0.25) is 0 Å². The summed E-state index contributed by atoms with van der Waals surface area (Å²) in [4.78, 5) is 11.2. The van der Waals surface area contributed by atoms with Crippen LogP contribution in [0.25, 0.3) is 22.2 Å². The fourth-order valence-electron chi connectivity index (χ4n) is 5.40. The number of rotatable bonds is 8. The number of benzene rings is 1. The van der Waals surface area contributed by atoms with Gasteiger partial charge in [0.1, 0.15) is 16.4 Å². The lowest BCUT2D eigenvalue weighted by Gasteiger charge is -2.31. The van der Waals surface area contributed by atoms with Gasteiger partial charge in [-0.25, -0.2) is 17.8 Å². The number of nitrogens with one attached hydrogen (secondary N) is 1. The van der Waals surface area contributed by atoms with Crippen molar-refractivity contribution in [2.24, 2.45) is 0 Å². The van der Waals surface area contributed by atoms with E-state index in [1.54, 1.807) is 12.3 Å². The van der Waals surface area contributed by atoms with E-state index in [-0.39, 0.29) is 4.90 Å². The molecule has 0 amide bonds. The molecular formula is C27H37FN6O2S. The molecule has 1 aliphatic heterocycles. The molecule has 200 valence electrons. The number of halogens is 1. The summed E-state index contributed by atoms with van der Waals surface area (Å²) in [5, 5.41) is 4.16. The molecule has 3 aromatic rings. The van der Waals surface area contributed by atoms with E-state index in [9.17, 15) is 8.42 Å². The Kier molecular flexibility index (Phi) is 7.78. The second kappa shape index (κ2) is 11.0. The predicted octanol–water partition coefficient (Wildman–Crippen LogP) is 4.89. The highest BCUT2D eigenvalue weighted by atomic mass is 32.2. The Morgan fingerprint density at radius 2 is 1.86 bits per heavy atom. The smallest absolute Gasteiger partial charge is 0.246 e. The summed E-state index contributed by atoms with van der Waals surface area (Å²) in [7, 11) is -1.94. The Morgan fingerprint density at radius 3 is 2.57 bits per heavy atom. The predicted molar refractivity (Wildman–Crippen MR) is 145 cm³/mol. The fourth-order valence-corrected chi connectivity index (χ4v) is 6.87. The molecule has 2 aliphatic rings. The number of hydrogen-bond donors (Lipinski definition) is 1. The first-order valence-electron chi connectivity index (χ1n) is 13.5. The normalized spacial score (nSPS) is 18.5. The number of nitrogens with zero attached hydrogens (tertiary/aromatic N) is 5. The first-order valence-corrected chi connectivity index (χ1v) is 14.9. The maximum Gasteiger partial charge on any atom is 0.246 e. The lowest BCUT2D eigenvalue weighted by Crippen LogP contribution is -2.47. The number of hydrogen-bond acceptors (Lipinski definition) is 6. The van der Waals surface area contributed by atoms with Gasteiger partial charge in [-0.15, -0.1) is 0 Å². The van der Waals surface area contributed by atoms with E-state index in [0.29, 0.717) is 43.7 Å². The largest absolute Gasteiger partial charge is 0.354 e. The zero-order valence-electron chi connectivity index (χ0n) is 21.8. The summed E-state index contributed by atoms with van der Waals surface area (Å²) in [6, 6.07) is 4.80. The van der Waals surface area contributed by atoms with Crippen LogP contribution in [-0.4, -0.2) is 71.9 Å². The van der Waals surface area contributed by atoms with Crippen molar-refractivity contribution in [1.82, 2.24) is 23.7 Å². The Balaban J connectivity index is 1.51. The van der Waals surface area contributed by atoms with E-state index in [1.165, 1.54) is 35.7 Å². The van der Waals surface area contributed by atoms with Gasteiger partial charge in [-0.1, -0.05) is 38.7 Å². The third-order valence-electron chi connectivity index (χ3n) is 7.68. The molecule has 1 saturated heterocycles. The van der Waals surface area contributed by atoms with Crippen molar-refractivity contribution in [2.75, 3.05) is 45.1 Å². The molecular weight excluding hydrogens is 491 g/mol. The number of aromatic nitrogens is 3. The number of sulfonamides is 1. The maximum absolute atomic E-state index is 15.4. The van der Waals surface area contributed by atoms with Crippen LogP contribution in [0.3, 0.4) is 0 Å². The van der Waals surface area contributed by atoms with Crippen LogP contribution in [0.4, 0.5) is 10.3 Å². The van der Waals surface area contributed by atoms with Crippen molar-refractivity contribution in [3.8, 4) is 11.1 Å². The van der Waals surface area contributed by atoms with Gasteiger partial charge in [0, 0.05) is 62.1 Å². The van der Waals surface area contributed by atoms with Crippen molar-refractivity contribution >= 4 is 27.0 Å². The quantitative estimate of drug-likeness (QED) is 0.419. The van der Waals surface area contributed by atoms with Gasteiger partial charge in [-0.05, 0) is 44.0 Å². The van der Waals surface area contributed by atoms with Gasteiger partial charge in [0.05, 0.1) is 0 Å². The van der Waals surface area contributed by atoms with Crippen LogP contribution in [0, 0.1) is 5.82 Å². The van der Waals surface area contributed by atoms with Gasteiger partial charge in [0.25, 0.3) is 0 Å². The Bertz CT molecular complexity index is 1340. The second-order valence-electron chi connectivity index (χ2n) is 10.3. The van der Waals surface area contributed by atoms with E-state index in [2.05, 4.69) is 32.9 Å². The molecule has 37 heavy (non-hydrogen) atoms. The summed E-state index contributed by atoms with van der Waals surface area (Å²) >= 11 is 0. The van der Waals surface area contributed by atoms with Gasteiger partial charge in [-0.2, -0.15) is 9.29 Å². The van der Waals surface area contributed by atoms with Gasteiger partial charge in [-0.3, -0.25) is 0 Å². The van der Waals surface area contributed by atoms with Gasteiger partial charge in [0.2, 0.25) is 16.0 Å². The minimum absolute atomic E-state index is 0.268. The molecule has 1 N–H and O–H groups in total. The van der Waals surface area contributed by atoms with E-state index >= 15 is 4.39 Å². The fraction of sp³-hybridized carbons (Fsp3) is 0.556. The molecule has 0 radical (unpaired) electrons. The zero-order chi connectivity index (χ0) is 26.0. The summed E-state index contributed by atoms with van der Waals surface area (Å²) in [6.07, 6.45) is 11.8. The molecule has 3 heterocycles. The van der Waals surface area contributed by atoms with Crippen LogP contribution in [0.15, 0.2) is 35.5 Å². The Labute approximate surface area is 218 Å². The molecule has 1 aromatic carbocycles. The molecule has 2 aromatic heterocycles. The highest BCUT2D eigenvalue weighted by Gasteiger charge is 2.30. The second-order valence-corrected chi connectivity index (χ2v) is 12.2. The number of unbranched alkanes of at least 4 members (excludes halogenated alkanes) is 1. The van der Waals surface area contributed by atoms with Crippen molar-refractivity contribution in [3.05, 3.63) is 36.4 Å². The average molecular weight is 529 g/mol. The van der Waals surface area contributed by atoms with Crippen LogP contribution in [0.5, 0.6) is 0 Å². The maximum atomic E-state index is 15.4. The molecule has 0 bridgehead atoms. The average Bonchev–Trinajstić information content (AvgIpc) is 3.28. The van der Waals surface area contributed by atoms with Crippen molar-refractivity contribution in [2.45, 2.75) is 62.8 Å². The van der Waals surface area contributed by atoms with Crippen molar-refractivity contribution < 1.29 is 12.8 Å². The van der Waals surface area contributed by atoms with Crippen LogP contribution >= 0.6 is 0 Å². The summed E-state index contributed by atoms with van der Waals surface area (Å²) in [5.41, 5.74) is 2.29. The molecule has 5 rings (SSSR count). The molecule has 8 nitrogen and oxygen atoms in total. The third-order valence-corrected chi connectivity index (χ3v) is 9.61. The monoisotopic (exact) mass is 528 g/mol. The Hall–Kier alpha value is -2.56. The summed E-state index contributed by atoms with van der Waals surface area (Å²) < 4.78 is 45.3. The lowest BCUT2D eigenvalue weighted by atomic mass is 9.95. The Morgan fingerprint density at radius 1 is 1.11 bits per heavy atom. The van der Waals surface area contributed by atoms with E-state index in [4.69, 9.17) is 4.98 Å². The molecule has 10 heteroatoms. The molecule has 0 atom stereocenters. The zero-order valence-corrected chi connectivity index (χ0v) is 22.6. The first kappa shape index (κ1) is 26.1. The van der Waals surface area contributed by atoms with Gasteiger partial charge in [0.15, 0.2) is 0 Å². The molecule has 1 aliphatic carbocycles. The number of fused-ring (bicyclic) bond motifs is 1. The van der Waals surface area contributed by atoms with Gasteiger partial charge >= 0.3 is 0 Å². The van der Waals surface area contributed by atoms with Crippen molar-refractivity contribution in [1.29, 1.82) is 0 Å². The van der Waals surface area contributed by atoms with Crippen LogP contribution in [-0.2, 0) is 10.0 Å². The summed E-state index contributed by atoms with van der Waals surface area (Å²) in [5.74, 6) is -0.128. The minimum atomic E-state index is -3.89. The van der Waals surface area contributed by atoms with E-state index < -0.39 is 15.8 Å². The number of anilines is 1.